The van der Waals surface area contributed by atoms with E-state index in [9.17, 15) is 9.59 Å². The van der Waals surface area contributed by atoms with Crippen LogP contribution < -0.4 is 16.3 Å². The molecule has 0 fully saturated rings. The number of aryl methyl sites for hydroxylation is 2. The number of nitrogens with one attached hydrogen (secondary N) is 2. The molecule has 1 amide bonds. The molecule has 0 bridgehead atoms. The molecule has 4 aromatic rings. The molecule has 0 aliphatic rings. The van der Waals surface area contributed by atoms with E-state index in [1.54, 1.807) is 17.5 Å². The Bertz CT molecular complexity index is 1260. The first-order valence-electron chi connectivity index (χ1n) is 9.09. The van der Waals surface area contributed by atoms with Crippen molar-refractivity contribution < 1.29 is 9.21 Å². The summed E-state index contributed by atoms with van der Waals surface area (Å²) in [5.74, 6) is -0.211. The molecule has 0 saturated carbocycles. The van der Waals surface area contributed by atoms with E-state index in [4.69, 9.17) is 4.42 Å². The maximum absolute atomic E-state index is 12.3. The molecule has 2 aromatic heterocycles. The van der Waals surface area contributed by atoms with Gasteiger partial charge < -0.3 is 15.1 Å². The Morgan fingerprint density at radius 2 is 1.97 bits per heavy atom. The largest absolute Gasteiger partial charge is 0.422 e. The Hall–Kier alpha value is -3.45. The Morgan fingerprint density at radius 3 is 2.83 bits per heavy atom. The first-order chi connectivity index (χ1) is 14.0. The smallest absolute Gasteiger partial charge is 0.345 e. The van der Waals surface area contributed by atoms with Crippen molar-refractivity contribution in [2.45, 2.75) is 13.8 Å². The number of benzene rings is 2. The lowest BCUT2D eigenvalue weighted by atomic mass is 10.1. The zero-order chi connectivity index (χ0) is 20.4. The van der Waals surface area contributed by atoms with Crippen LogP contribution in [-0.4, -0.2) is 17.4 Å². The molecule has 146 valence electrons. The van der Waals surface area contributed by atoms with Crippen LogP contribution in [0.4, 0.5) is 10.8 Å². The van der Waals surface area contributed by atoms with Crippen molar-refractivity contribution in [2.24, 2.45) is 0 Å². The number of carbonyl (C=O) groups is 1. The number of aromatic nitrogens is 1. The fourth-order valence-electron chi connectivity index (χ4n) is 2.96. The fourth-order valence-corrected chi connectivity index (χ4v) is 3.69. The van der Waals surface area contributed by atoms with Gasteiger partial charge in [0.05, 0.1) is 17.8 Å². The summed E-state index contributed by atoms with van der Waals surface area (Å²) >= 11 is 1.26. The summed E-state index contributed by atoms with van der Waals surface area (Å²) in [5, 5.41) is 8.89. The summed E-state index contributed by atoms with van der Waals surface area (Å²) < 4.78 is 5.36. The van der Waals surface area contributed by atoms with Gasteiger partial charge in [-0.15, -0.1) is 11.3 Å². The molecular weight excluding hydrogens is 386 g/mol. The predicted octanol–water partition coefficient (Wildman–Crippen LogP) is 4.58. The van der Waals surface area contributed by atoms with Gasteiger partial charge in [-0.1, -0.05) is 30.3 Å². The maximum Gasteiger partial charge on any atom is 0.345 e. The van der Waals surface area contributed by atoms with E-state index in [2.05, 4.69) is 15.6 Å². The molecule has 0 spiro atoms. The topological polar surface area (TPSA) is 84.2 Å². The van der Waals surface area contributed by atoms with Crippen molar-refractivity contribution in [2.75, 3.05) is 17.2 Å². The molecular formula is C22H19N3O3S. The Labute approximate surface area is 171 Å². The molecule has 0 saturated heterocycles. The van der Waals surface area contributed by atoms with Gasteiger partial charge in [0.25, 0.3) is 0 Å². The molecule has 7 heteroatoms. The van der Waals surface area contributed by atoms with E-state index in [-0.39, 0.29) is 12.5 Å². The number of para-hydroxylation sites is 1. The Kier molecular flexibility index (Phi) is 5.14. The van der Waals surface area contributed by atoms with Gasteiger partial charge in [-0.25, -0.2) is 9.78 Å². The van der Waals surface area contributed by atoms with Crippen LogP contribution in [0.1, 0.15) is 11.1 Å². The third-order valence-corrected chi connectivity index (χ3v) is 5.26. The lowest BCUT2D eigenvalue weighted by molar-refractivity contribution is -0.114. The van der Waals surface area contributed by atoms with E-state index in [1.807, 2.05) is 50.2 Å². The normalized spacial score (nSPS) is 10.8. The Morgan fingerprint density at radius 1 is 1.14 bits per heavy atom. The quantitative estimate of drug-likeness (QED) is 0.475. The molecule has 2 heterocycles. The lowest BCUT2D eigenvalue weighted by Crippen LogP contribution is -2.22. The summed E-state index contributed by atoms with van der Waals surface area (Å²) in [6.45, 7) is 4.12. The van der Waals surface area contributed by atoms with E-state index in [0.717, 1.165) is 22.2 Å². The summed E-state index contributed by atoms with van der Waals surface area (Å²) in [5.41, 5.74) is 4.04. The van der Waals surface area contributed by atoms with E-state index in [1.165, 1.54) is 11.3 Å². The van der Waals surface area contributed by atoms with Crippen molar-refractivity contribution in [3.05, 3.63) is 75.5 Å². The monoisotopic (exact) mass is 405 g/mol. The summed E-state index contributed by atoms with van der Waals surface area (Å²) in [6, 6.07) is 15.1. The van der Waals surface area contributed by atoms with Crippen LogP contribution in [-0.2, 0) is 4.79 Å². The summed E-state index contributed by atoms with van der Waals surface area (Å²) in [7, 11) is 0. The van der Waals surface area contributed by atoms with Crippen molar-refractivity contribution in [3.8, 4) is 11.3 Å². The van der Waals surface area contributed by atoms with Gasteiger partial charge in [0.15, 0.2) is 5.13 Å². The van der Waals surface area contributed by atoms with Crippen LogP contribution in [0.15, 0.2) is 63.1 Å². The number of anilines is 2. The van der Waals surface area contributed by atoms with Crippen molar-refractivity contribution >= 4 is 39.0 Å². The van der Waals surface area contributed by atoms with Crippen LogP contribution >= 0.6 is 11.3 Å². The second-order valence-electron chi connectivity index (χ2n) is 6.74. The molecule has 4 rings (SSSR count). The van der Waals surface area contributed by atoms with Crippen molar-refractivity contribution in [1.82, 2.24) is 4.98 Å². The second-order valence-corrected chi connectivity index (χ2v) is 7.60. The van der Waals surface area contributed by atoms with Gasteiger partial charge >= 0.3 is 5.63 Å². The molecule has 2 N–H and O–H groups in total. The SMILES string of the molecule is Cc1ccc(C)c(NCC(=O)Nc2nc(-c3cc4ccccc4oc3=O)cs2)c1. The van der Waals surface area contributed by atoms with Crippen LogP contribution in [0.2, 0.25) is 0 Å². The number of rotatable bonds is 5. The van der Waals surface area contributed by atoms with Crippen molar-refractivity contribution in [3.63, 3.8) is 0 Å². The molecule has 0 radical (unpaired) electrons. The lowest BCUT2D eigenvalue weighted by Gasteiger charge is -2.10. The standard InChI is InChI=1S/C22H19N3O3S/c1-13-7-8-14(2)17(9-13)23-11-20(26)25-22-24-18(12-29-22)16-10-15-5-3-4-6-19(15)28-21(16)27/h3-10,12,23H,11H2,1-2H3,(H,24,25,26). The van der Waals surface area contributed by atoms with Crippen LogP contribution in [0.25, 0.3) is 22.2 Å². The first kappa shape index (κ1) is 18.9. The zero-order valence-corrected chi connectivity index (χ0v) is 16.8. The molecule has 2 aromatic carbocycles. The van der Waals surface area contributed by atoms with Crippen LogP contribution in [0.3, 0.4) is 0 Å². The summed E-state index contributed by atoms with van der Waals surface area (Å²) in [6.07, 6.45) is 0. The minimum atomic E-state index is -0.455. The average molecular weight is 405 g/mol. The van der Waals surface area contributed by atoms with E-state index in [0.29, 0.717) is 22.0 Å². The van der Waals surface area contributed by atoms with E-state index >= 15 is 0 Å². The highest BCUT2D eigenvalue weighted by molar-refractivity contribution is 7.14. The number of hydrogen-bond donors (Lipinski definition) is 2. The molecule has 29 heavy (non-hydrogen) atoms. The number of nitrogens with zero attached hydrogens (tertiary/aromatic N) is 1. The van der Waals surface area contributed by atoms with Crippen LogP contribution in [0.5, 0.6) is 0 Å². The van der Waals surface area contributed by atoms with Gasteiger partial charge in [-0.2, -0.15) is 0 Å². The highest BCUT2D eigenvalue weighted by atomic mass is 32.1. The van der Waals surface area contributed by atoms with Crippen molar-refractivity contribution in [1.29, 1.82) is 0 Å². The zero-order valence-electron chi connectivity index (χ0n) is 16.0. The minimum absolute atomic E-state index is 0.122. The number of hydrogen-bond acceptors (Lipinski definition) is 6. The number of carbonyl (C=O) groups excluding carboxylic acids is 1. The van der Waals surface area contributed by atoms with Gasteiger partial charge in [-0.3, -0.25) is 4.79 Å². The number of amides is 1. The summed E-state index contributed by atoms with van der Waals surface area (Å²) in [4.78, 5) is 28.9. The van der Waals surface area contributed by atoms with Gasteiger partial charge in [-0.05, 0) is 43.2 Å². The molecule has 0 atom stereocenters. The predicted molar refractivity (Wildman–Crippen MR) is 117 cm³/mol. The number of fused-ring (bicyclic) bond motifs is 1. The van der Waals surface area contributed by atoms with Gasteiger partial charge in [0.2, 0.25) is 5.91 Å². The first-order valence-corrected chi connectivity index (χ1v) is 9.97. The second kappa shape index (κ2) is 7.89. The molecule has 0 aliphatic carbocycles. The Balaban J connectivity index is 1.47. The number of thiazole rings is 1. The fraction of sp³-hybridized carbons (Fsp3) is 0.136. The highest BCUT2D eigenvalue weighted by Crippen LogP contribution is 2.25. The van der Waals surface area contributed by atoms with Crippen LogP contribution in [0, 0.1) is 13.8 Å². The highest BCUT2D eigenvalue weighted by Gasteiger charge is 2.13. The average Bonchev–Trinajstić information content (AvgIpc) is 3.16. The third kappa shape index (κ3) is 4.20. The minimum Gasteiger partial charge on any atom is -0.422 e. The van der Waals surface area contributed by atoms with E-state index < -0.39 is 5.63 Å². The molecule has 6 nitrogen and oxygen atoms in total. The molecule has 0 aliphatic heterocycles. The third-order valence-electron chi connectivity index (χ3n) is 4.50. The van der Waals surface area contributed by atoms with Gasteiger partial charge in [0, 0.05) is 16.5 Å². The maximum atomic E-state index is 12.3. The van der Waals surface area contributed by atoms with Gasteiger partial charge in [0.1, 0.15) is 5.58 Å². The molecule has 0 unspecified atom stereocenters.